The monoisotopic (exact) mass is 308 g/mol. The fourth-order valence-electron chi connectivity index (χ4n) is 2.39. The minimum absolute atomic E-state index is 0.0320. The predicted molar refractivity (Wildman–Crippen MR) is 89.8 cm³/mol. The lowest BCUT2D eigenvalue weighted by molar-refractivity contribution is -0.116. The van der Waals surface area contributed by atoms with E-state index in [9.17, 15) is 9.59 Å². The Morgan fingerprint density at radius 3 is 2.65 bits per heavy atom. The van der Waals surface area contributed by atoms with E-state index in [-0.39, 0.29) is 18.0 Å². The third-order valence-corrected chi connectivity index (χ3v) is 3.56. The molecule has 0 saturated heterocycles. The first-order chi connectivity index (χ1) is 11.2. The van der Waals surface area contributed by atoms with Gasteiger partial charge in [0.25, 0.3) is 5.56 Å². The first-order valence-corrected chi connectivity index (χ1v) is 7.19. The highest BCUT2D eigenvalue weighted by atomic mass is 16.5. The van der Waals surface area contributed by atoms with Crippen LogP contribution in [-0.2, 0) is 11.3 Å². The molecular weight excluding hydrogens is 292 g/mol. The van der Waals surface area contributed by atoms with E-state index in [4.69, 9.17) is 4.74 Å². The molecule has 5 heteroatoms. The molecule has 0 fully saturated rings. The molecule has 0 radical (unpaired) electrons. The summed E-state index contributed by atoms with van der Waals surface area (Å²) in [5.74, 6) is 0.447. The highest BCUT2D eigenvalue weighted by Gasteiger charge is 2.08. The number of para-hydroxylation sites is 1. The molecule has 1 N–H and O–H groups in total. The SMILES string of the molecule is COc1ccc2c(=O)n(CC(=O)Nc3ccccc3)ccc2c1. The van der Waals surface area contributed by atoms with Crippen LogP contribution in [0, 0.1) is 0 Å². The lowest BCUT2D eigenvalue weighted by atomic mass is 10.1. The minimum atomic E-state index is -0.244. The Hall–Kier alpha value is -3.08. The second-order valence-corrected chi connectivity index (χ2v) is 5.12. The molecule has 0 aliphatic heterocycles. The highest BCUT2D eigenvalue weighted by Crippen LogP contribution is 2.17. The molecule has 1 amide bonds. The predicted octanol–water partition coefficient (Wildman–Crippen LogP) is 2.65. The van der Waals surface area contributed by atoms with Gasteiger partial charge >= 0.3 is 0 Å². The fraction of sp³-hybridized carbons (Fsp3) is 0.111. The summed E-state index contributed by atoms with van der Waals surface area (Å²) in [5, 5.41) is 4.11. The normalized spacial score (nSPS) is 10.5. The number of hydrogen-bond acceptors (Lipinski definition) is 3. The van der Waals surface area contributed by atoms with E-state index in [1.807, 2.05) is 18.2 Å². The van der Waals surface area contributed by atoms with E-state index < -0.39 is 0 Å². The van der Waals surface area contributed by atoms with Crippen molar-refractivity contribution in [2.45, 2.75) is 6.54 Å². The first kappa shape index (κ1) is 14.8. The number of carbonyl (C=O) groups is 1. The van der Waals surface area contributed by atoms with E-state index in [0.717, 1.165) is 5.39 Å². The van der Waals surface area contributed by atoms with Gasteiger partial charge in [-0.1, -0.05) is 18.2 Å². The van der Waals surface area contributed by atoms with Crippen molar-refractivity contribution in [3.8, 4) is 5.75 Å². The molecule has 5 nitrogen and oxygen atoms in total. The Morgan fingerprint density at radius 2 is 1.91 bits per heavy atom. The van der Waals surface area contributed by atoms with Crippen molar-refractivity contribution in [2.75, 3.05) is 12.4 Å². The van der Waals surface area contributed by atoms with Gasteiger partial charge in [0.15, 0.2) is 0 Å². The van der Waals surface area contributed by atoms with Crippen LogP contribution in [0.1, 0.15) is 0 Å². The molecule has 0 spiro atoms. The van der Waals surface area contributed by atoms with Crippen LogP contribution >= 0.6 is 0 Å². The number of ether oxygens (including phenoxy) is 1. The minimum Gasteiger partial charge on any atom is -0.497 e. The molecule has 0 bridgehead atoms. The molecule has 0 saturated carbocycles. The topological polar surface area (TPSA) is 60.3 Å². The number of aromatic nitrogens is 1. The third kappa shape index (κ3) is 3.23. The van der Waals surface area contributed by atoms with Crippen molar-refractivity contribution in [3.05, 3.63) is 71.1 Å². The second kappa shape index (κ2) is 6.36. The number of amides is 1. The number of methoxy groups -OCH3 is 1. The molecule has 0 aliphatic carbocycles. The summed E-state index contributed by atoms with van der Waals surface area (Å²) >= 11 is 0. The van der Waals surface area contributed by atoms with E-state index in [1.165, 1.54) is 4.57 Å². The largest absolute Gasteiger partial charge is 0.497 e. The summed E-state index contributed by atoms with van der Waals surface area (Å²) in [5.41, 5.74) is 0.504. The van der Waals surface area contributed by atoms with Gasteiger partial charge in [-0.15, -0.1) is 0 Å². The summed E-state index contributed by atoms with van der Waals surface area (Å²) in [7, 11) is 1.58. The van der Waals surface area contributed by atoms with Crippen LogP contribution in [0.25, 0.3) is 10.8 Å². The number of fused-ring (bicyclic) bond motifs is 1. The number of hydrogen-bond donors (Lipinski definition) is 1. The number of benzene rings is 2. The van der Waals surface area contributed by atoms with Gasteiger partial charge in [-0.05, 0) is 41.8 Å². The summed E-state index contributed by atoms with van der Waals surface area (Å²) in [6.45, 7) is -0.0320. The molecule has 1 aromatic heterocycles. The first-order valence-electron chi connectivity index (χ1n) is 7.19. The number of carbonyl (C=O) groups excluding carboxylic acids is 1. The summed E-state index contributed by atoms with van der Waals surface area (Å²) < 4.78 is 6.55. The maximum atomic E-state index is 12.5. The third-order valence-electron chi connectivity index (χ3n) is 3.56. The van der Waals surface area contributed by atoms with Gasteiger partial charge in [0, 0.05) is 17.3 Å². The van der Waals surface area contributed by atoms with Gasteiger partial charge in [0.1, 0.15) is 12.3 Å². The van der Waals surface area contributed by atoms with Crippen molar-refractivity contribution < 1.29 is 9.53 Å². The molecule has 0 aliphatic rings. The van der Waals surface area contributed by atoms with E-state index in [2.05, 4.69) is 5.32 Å². The Bertz CT molecular complexity index is 901. The van der Waals surface area contributed by atoms with Crippen molar-refractivity contribution in [1.82, 2.24) is 4.57 Å². The Labute approximate surface area is 133 Å². The van der Waals surface area contributed by atoms with Gasteiger partial charge < -0.3 is 14.6 Å². The Morgan fingerprint density at radius 1 is 1.13 bits per heavy atom. The molecular formula is C18H16N2O3. The van der Waals surface area contributed by atoms with Gasteiger partial charge in [0.2, 0.25) is 5.91 Å². The average molecular weight is 308 g/mol. The molecule has 23 heavy (non-hydrogen) atoms. The number of anilines is 1. The lowest BCUT2D eigenvalue weighted by Crippen LogP contribution is -2.27. The molecule has 0 unspecified atom stereocenters. The van der Waals surface area contributed by atoms with E-state index in [0.29, 0.717) is 16.8 Å². The van der Waals surface area contributed by atoms with E-state index in [1.54, 1.807) is 49.7 Å². The molecule has 3 rings (SSSR count). The lowest BCUT2D eigenvalue weighted by Gasteiger charge is -2.09. The van der Waals surface area contributed by atoms with Crippen molar-refractivity contribution in [2.24, 2.45) is 0 Å². The van der Waals surface area contributed by atoms with Crippen molar-refractivity contribution in [3.63, 3.8) is 0 Å². The zero-order valence-electron chi connectivity index (χ0n) is 12.7. The standard InChI is InChI=1S/C18H16N2O3/c1-23-15-7-8-16-13(11-15)9-10-20(18(16)22)12-17(21)19-14-5-3-2-4-6-14/h2-11H,12H2,1H3,(H,19,21). The zero-order chi connectivity index (χ0) is 16.2. The molecule has 1 heterocycles. The van der Waals surface area contributed by atoms with Crippen molar-refractivity contribution >= 4 is 22.4 Å². The Kier molecular flexibility index (Phi) is 4.10. The maximum Gasteiger partial charge on any atom is 0.258 e. The maximum absolute atomic E-state index is 12.5. The molecule has 3 aromatic rings. The van der Waals surface area contributed by atoms with E-state index >= 15 is 0 Å². The number of pyridine rings is 1. The van der Waals surface area contributed by atoms with Crippen LogP contribution in [0.2, 0.25) is 0 Å². The average Bonchev–Trinajstić information content (AvgIpc) is 2.58. The summed E-state index contributed by atoms with van der Waals surface area (Å²) in [6.07, 6.45) is 1.62. The quantitative estimate of drug-likeness (QED) is 0.806. The van der Waals surface area contributed by atoms with Crippen LogP contribution in [0.4, 0.5) is 5.69 Å². The van der Waals surface area contributed by atoms with Crippen molar-refractivity contribution in [1.29, 1.82) is 0 Å². The number of rotatable bonds is 4. The van der Waals surface area contributed by atoms with Crippen LogP contribution in [-0.4, -0.2) is 17.6 Å². The van der Waals surface area contributed by atoms with Gasteiger partial charge in [-0.3, -0.25) is 9.59 Å². The van der Waals surface area contributed by atoms with Crippen LogP contribution < -0.4 is 15.6 Å². The van der Waals surface area contributed by atoms with Gasteiger partial charge in [0.05, 0.1) is 7.11 Å². The second-order valence-electron chi connectivity index (χ2n) is 5.12. The van der Waals surface area contributed by atoms with Gasteiger partial charge in [-0.25, -0.2) is 0 Å². The molecule has 116 valence electrons. The number of nitrogens with one attached hydrogen (secondary N) is 1. The summed E-state index contributed by atoms with van der Waals surface area (Å²) in [6, 6.07) is 16.2. The smallest absolute Gasteiger partial charge is 0.258 e. The highest BCUT2D eigenvalue weighted by molar-refractivity contribution is 5.91. The van der Waals surface area contributed by atoms with Crippen LogP contribution in [0.5, 0.6) is 5.75 Å². The van der Waals surface area contributed by atoms with Crippen LogP contribution in [0.15, 0.2) is 65.6 Å². The Balaban J connectivity index is 1.84. The zero-order valence-corrected chi connectivity index (χ0v) is 12.7. The molecule has 2 aromatic carbocycles. The summed E-state index contributed by atoms with van der Waals surface area (Å²) in [4.78, 5) is 24.5. The van der Waals surface area contributed by atoms with Crippen LogP contribution in [0.3, 0.4) is 0 Å². The number of nitrogens with zero attached hydrogens (tertiary/aromatic N) is 1. The molecule has 0 atom stereocenters. The van der Waals surface area contributed by atoms with Gasteiger partial charge in [-0.2, -0.15) is 0 Å². The fourth-order valence-corrected chi connectivity index (χ4v) is 2.39.